The average molecular weight is 323 g/mol. The molecule has 0 saturated carbocycles. The lowest BCUT2D eigenvalue weighted by Gasteiger charge is -2.25. The first kappa shape index (κ1) is 15.1. The fourth-order valence-electron chi connectivity index (χ4n) is 2.30. The van der Waals surface area contributed by atoms with Crippen molar-refractivity contribution in [3.05, 3.63) is 48.4 Å². The molecule has 2 atom stereocenters. The van der Waals surface area contributed by atoms with Crippen molar-refractivity contribution in [2.45, 2.75) is 44.1 Å². The van der Waals surface area contributed by atoms with E-state index in [2.05, 4.69) is 0 Å². The van der Waals surface area contributed by atoms with Gasteiger partial charge in [-0.2, -0.15) is 0 Å². The Morgan fingerprint density at radius 3 is 2.14 bits per heavy atom. The molecule has 22 heavy (non-hydrogen) atoms. The Morgan fingerprint density at radius 2 is 1.59 bits per heavy atom. The summed E-state index contributed by atoms with van der Waals surface area (Å²) in [5.41, 5.74) is 0.972. The third-order valence-electron chi connectivity index (χ3n) is 3.47. The summed E-state index contributed by atoms with van der Waals surface area (Å²) in [7, 11) is 0. The van der Waals surface area contributed by atoms with Crippen LogP contribution in [-0.4, -0.2) is 12.6 Å². The van der Waals surface area contributed by atoms with Gasteiger partial charge in [0.05, 0.1) is 12.5 Å². The number of rotatable bonds is 5. The van der Waals surface area contributed by atoms with E-state index in [9.17, 15) is 0 Å². The summed E-state index contributed by atoms with van der Waals surface area (Å²) in [4.78, 5) is 0. The molecule has 4 nitrogen and oxygen atoms in total. The molecular formula is C17H19ClO4. The molecule has 118 valence electrons. The Labute approximate surface area is 135 Å². The van der Waals surface area contributed by atoms with Crippen molar-refractivity contribution in [2.75, 3.05) is 0 Å². The SMILES string of the molecule is ClCc1ccc(OC2CCC=CO2)c(OC2CCC=CO2)c1. The van der Waals surface area contributed by atoms with E-state index in [0.29, 0.717) is 17.4 Å². The summed E-state index contributed by atoms with van der Waals surface area (Å²) in [5, 5.41) is 0. The minimum atomic E-state index is -0.301. The van der Waals surface area contributed by atoms with E-state index in [1.165, 1.54) is 0 Å². The molecule has 2 aliphatic rings. The molecule has 0 radical (unpaired) electrons. The molecule has 0 amide bonds. The Morgan fingerprint density at radius 1 is 0.955 bits per heavy atom. The highest BCUT2D eigenvalue weighted by Gasteiger charge is 2.19. The molecule has 0 N–H and O–H groups in total. The number of ether oxygens (including phenoxy) is 4. The highest BCUT2D eigenvalue weighted by Crippen LogP contribution is 2.33. The fourth-order valence-corrected chi connectivity index (χ4v) is 2.47. The summed E-state index contributed by atoms with van der Waals surface area (Å²) in [6.45, 7) is 0. The van der Waals surface area contributed by atoms with Gasteiger partial charge in [0, 0.05) is 18.7 Å². The maximum absolute atomic E-state index is 5.94. The van der Waals surface area contributed by atoms with Crippen molar-refractivity contribution in [2.24, 2.45) is 0 Å². The first-order chi connectivity index (χ1) is 10.8. The number of benzene rings is 1. The van der Waals surface area contributed by atoms with Crippen molar-refractivity contribution in [3.63, 3.8) is 0 Å². The molecule has 0 spiro atoms. The lowest BCUT2D eigenvalue weighted by molar-refractivity contribution is -0.0589. The maximum Gasteiger partial charge on any atom is 0.240 e. The van der Waals surface area contributed by atoms with Gasteiger partial charge in [0.1, 0.15) is 0 Å². The number of allylic oxidation sites excluding steroid dienone is 2. The molecule has 2 heterocycles. The second-order valence-electron chi connectivity index (χ2n) is 5.18. The number of alkyl halides is 1. The number of halogens is 1. The van der Waals surface area contributed by atoms with Gasteiger partial charge in [0.2, 0.25) is 12.6 Å². The Balaban J connectivity index is 1.75. The van der Waals surface area contributed by atoms with Gasteiger partial charge >= 0.3 is 0 Å². The summed E-state index contributed by atoms with van der Waals surface area (Å²) >= 11 is 5.91. The van der Waals surface area contributed by atoms with Crippen LogP contribution in [-0.2, 0) is 15.4 Å². The molecule has 0 saturated heterocycles. The van der Waals surface area contributed by atoms with Crippen molar-refractivity contribution in [3.8, 4) is 11.5 Å². The largest absolute Gasteiger partial charge is 0.463 e. The minimum absolute atomic E-state index is 0.290. The average Bonchev–Trinajstić information content (AvgIpc) is 2.58. The van der Waals surface area contributed by atoms with E-state index < -0.39 is 0 Å². The normalized spacial score (nSPS) is 23.5. The van der Waals surface area contributed by atoms with Crippen LogP contribution < -0.4 is 9.47 Å². The minimum Gasteiger partial charge on any atom is -0.463 e. The van der Waals surface area contributed by atoms with Crippen LogP contribution in [0.5, 0.6) is 11.5 Å². The molecule has 2 aliphatic heterocycles. The molecular weight excluding hydrogens is 304 g/mol. The molecule has 0 aliphatic carbocycles. The predicted octanol–water partition coefficient (Wildman–Crippen LogP) is 4.48. The van der Waals surface area contributed by atoms with Crippen molar-refractivity contribution < 1.29 is 18.9 Å². The predicted molar refractivity (Wildman–Crippen MR) is 83.7 cm³/mol. The second-order valence-corrected chi connectivity index (χ2v) is 5.45. The molecule has 0 fully saturated rings. The van der Waals surface area contributed by atoms with Crippen LogP contribution in [0.3, 0.4) is 0 Å². The number of hydrogen-bond acceptors (Lipinski definition) is 4. The Hall–Kier alpha value is -1.81. The number of hydrogen-bond donors (Lipinski definition) is 0. The molecule has 2 unspecified atom stereocenters. The topological polar surface area (TPSA) is 36.9 Å². The monoisotopic (exact) mass is 322 g/mol. The standard InChI is InChI=1S/C17H19ClO4/c18-12-13-7-8-14(21-16-5-1-3-9-19-16)15(11-13)22-17-6-2-4-10-20-17/h3-4,7-11,16-17H,1-2,5-6,12H2. The Bertz CT molecular complexity index is 556. The maximum atomic E-state index is 5.94. The first-order valence-electron chi connectivity index (χ1n) is 7.48. The summed E-state index contributed by atoms with van der Waals surface area (Å²) in [6.07, 6.45) is 10.2. The zero-order valence-electron chi connectivity index (χ0n) is 12.2. The molecule has 0 aromatic heterocycles. The summed E-state index contributed by atoms with van der Waals surface area (Å²) in [5.74, 6) is 1.70. The summed E-state index contributed by atoms with van der Waals surface area (Å²) < 4.78 is 22.8. The van der Waals surface area contributed by atoms with Gasteiger partial charge in [-0.05, 0) is 42.7 Å². The van der Waals surface area contributed by atoms with E-state index in [0.717, 1.165) is 31.2 Å². The second kappa shape index (κ2) is 7.45. The van der Waals surface area contributed by atoms with Gasteiger partial charge < -0.3 is 18.9 Å². The van der Waals surface area contributed by atoms with Gasteiger partial charge in [-0.25, -0.2) is 0 Å². The van der Waals surface area contributed by atoms with E-state index in [1.807, 2.05) is 30.4 Å². The van der Waals surface area contributed by atoms with Gasteiger partial charge in [-0.3, -0.25) is 0 Å². The molecule has 3 rings (SSSR count). The fraction of sp³-hybridized carbons (Fsp3) is 0.412. The first-order valence-corrected chi connectivity index (χ1v) is 8.02. The third kappa shape index (κ3) is 3.89. The van der Waals surface area contributed by atoms with Gasteiger partial charge in [-0.15, -0.1) is 11.6 Å². The van der Waals surface area contributed by atoms with Gasteiger partial charge in [0.25, 0.3) is 0 Å². The molecule has 1 aromatic rings. The summed E-state index contributed by atoms with van der Waals surface area (Å²) in [6, 6.07) is 5.69. The molecule has 0 bridgehead atoms. The third-order valence-corrected chi connectivity index (χ3v) is 3.78. The van der Waals surface area contributed by atoms with E-state index in [1.54, 1.807) is 12.5 Å². The highest BCUT2D eigenvalue weighted by molar-refractivity contribution is 6.17. The zero-order valence-corrected chi connectivity index (χ0v) is 13.0. The zero-order chi connectivity index (χ0) is 15.2. The van der Waals surface area contributed by atoms with Crippen LogP contribution in [0.2, 0.25) is 0 Å². The van der Waals surface area contributed by atoms with Gasteiger partial charge in [0.15, 0.2) is 11.5 Å². The van der Waals surface area contributed by atoms with Crippen LogP contribution >= 0.6 is 11.6 Å². The molecule has 5 heteroatoms. The van der Waals surface area contributed by atoms with Crippen LogP contribution in [0.1, 0.15) is 31.2 Å². The van der Waals surface area contributed by atoms with Crippen molar-refractivity contribution >= 4 is 11.6 Å². The van der Waals surface area contributed by atoms with Crippen molar-refractivity contribution in [1.82, 2.24) is 0 Å². The van der Waals surface area contributed by atoms with Crippen LogP contribution in [0, 0.1) is 0 Å². The Kier molecular flexibility index (Phi) is 5.11. The van der Waals surface area contributed by atoms with Crippen LogP contribution in [0.4, 0.5) is 0 Å². The van der Waals surface area contributed by atoms with E-state index >= 15 is 0 Å². The quantitative estimate of drug-likeness (QED) is 0.749. The van der Waals surface area contributed by atoms with E-state index in [-0.39, 0.29) is 12.6 Å². The lowest BCUT2D eigenvalue weighted by atomic mass is 10.2. The molecule has 1 aromatic carbocycles. The van der Waals surface area contributed by atoms with Crippen LogP contribution in [0.25, 0.3) is 0 Å². The lowest BCUT2D eigenvalue weighted by Crippen LogP contribution is -2.23. The van der Waals surface area contributed by atoms with Crippen molar-refractivity contribution in [1.29, 1.82) is 0 Å². The van der Waals surface area contributed by atoms with E-state index in [4.69, 9.17) is 30.5 Å². The smallest absolute Gasteiger partial charge is 0.240 e. The van der Waals surface area contributed by atoms with Gasteiger partial charge in [-0.1, -0.05) is 6.07 Å². The highest BCUT2D eigenvalue weighted by atomic mass is 35.5. The van der Waals surface area contributed by atoms with Crippen LogP contribution in [0.15, 0.2) is 42.9 Å².